The highest BCUT2D eigenvalue weighted by Gasteiger charge is 2.44. The van der Waals surface area contributed by atoms with E-state index in [-0.39, 0.29) is 25.2 Å². The van der Waals surface area contributed by atoms with Crippen LogP contribution in [0.25, 0.3) is 0 Å². The maximum Gasteiger partial charge on any atom is 0.490 e. The van der Waals surface area contributed by atoms with Gasteiger partial charge in [-0.3, -0.25) is 13.9 Å². The summed E-state index contributed by atoms with van der Waals surface area (Å²) in [5.74, 6) is -0.751. The second kappa shape index (κ2) is 11.5. The molecule has 1 fully saturated rings. The molecule has 0 saturated carbocycles. The van der Waals surface area contributed by atoms with Crippen molar-refractivity contribution in [2.45, 2.75) is 37.7 Å². The molecule has 0 aliphatic carbocycles. The van der Waals surface area contributed by atoms with Crippen LogP contribution in [0.4, 0.5) is 5.82 Å². The summed E-state index contributed by atoms with van der Waals surface area (Å²) >= 11 is 0. The van der Waals surface area contributed by atoms with Gasteiger partial charge in [0.15, 0.2) is 0 Å². The maximum absolute atomic E-state index is 12.1. The Bertz CT molecular complexity index is 1080. The molecule has 18 nitrogen and oxygen atoms in total. The first-order chi connectivity index (χ1) is 15.6. The fraction of sp³-hybridized carbons (Fsp3) is 0.615. The Morgan fingerprint density at radius 1 is 1.21 bits per heavy atom. The molecule has 0 aromatic carbocycles. The summed E-state index contributed by atoms with van der Waals surface area (Å²) in [7, 11) is -16.7. The maximum atomic E-state index is 12.1. The van der Waals surface area contributed by atoms with Crippen LogP contribution in [0.15, 0.2) is 17.1 Å². The molecule has 2 rings (SSSR count). The van der Waals surface area contributed by atoms with E-state index in [9.17, 15) is 33.1 Å². The molecule has 21 heteroatoms. The zero-order valence-corrected chi connectivity index (χ0v) is 19.9. The van der Waals surface area contributed by atoms with Gasteiger partial charge in [-0.2, -0.15) is 13.6 Å². The molecule has 2 unspecified atom stereocenters. The van der Waals surface area contributed by atoms with Crippen LogP contribution < -0.4 is 17.2 Å². The minimum Gasteiger partial charge on any atom is -0.459 e. The molecule has 5 atom stereocenters. The molecular weight excluding hydrogens is 529 g/mol. The van der Waals surface area contributed by atoms with E-state index < -0.39 is 60.2 Å². The van der Waals surface area contributed by atoms with Crippen molar-refractivity contribution in [2.75, 3.05) is 18.9 Å². The van der Waals surface area contributed by atoms with Gasteiger partial charge >= 0.3 is 35.1 Å². The molecule has 1 aliphatic heterocycles. The molecule has 1 aliphatic rings. The first-order valence-electron chi connectivity index (χ1n) is 9.29. The molecule has 0 amide bonds. The highest BCUT2D eigenvalue weighted by molar-refractivity contribution is 7.66. The van der Waals surface area contributed by atoms with Gasteiger partial charge in [-0.25, -0.2) is 18.5 Å². The molecule has 8 N–H and O–H groups in total. The van der Waals surface area contributed by atoms with Crippen molar-refractivity contribution >= 4 is 35.3 Å². The number of carbonyl (C=O) groups excluding carboxylic acids is 1. The number of phosphoric ester groups is 1. The fourth-order valence-corrected chi connectivity index (χ4v) is 5.77. The molecular formula is C13H23N4O14P3. The Balaban J connectivity index is 2.14. The number of hydrogen-bond acceptors (Lipinski definition) is 13. The predicted octanol–water partition coefficient (Wildman–Crippen LogP) is -0.893. The van der Waals surface area contributed by atoms with E-state index >= 15 is 0 Å². The summed E-state index contributed by atoms with van der Waals surface area (Å²) < 4.78 is 57.8. The Labute approximate surface area is 191 Å². The number of anilines is 1. The summed E-state index contributed by atoms with van der Waals surface area (Å²) in [6.45, 7) is -0.674. The van der Waals surface area contributed by atoms with Crippen molar-refractivity contribution in [2.24, 2.45) is 5.73 Å². The lowest BCUT2D eigenvalue weighted by Gasteiger charge is -2.21. The summed E-state index contributed by atoms with van der Waals surface area (Å²) in [5, 5.41) is 0. The first-order valence-corrected chi connectivity index (χ1v) is 13.8. The van der Waals surface area contributed by atoms with Crippen LogP contribution in [0, 0.1) is 0 Å². The smallest absolute Gasteiger partial charge is 0.459 e. The van der Waals surface area contributed by atoms with Gasteiger partial charge in [-0.05, 0) is 19.0 Å². The van der Waals surface area contributed by atoms with Crippen molar-refractivity contribution in [3.63, 3.8) is 0 Å². The number of nitrogens with two attached hydrogens (primary N) is 2. The number of carbonyl (C=O) groups is 1. The standard InChI is InChI=1S/C13H23N4O14P3/c14-4-1-2-12(18)29-8-6-11(17-5-3-10(15)16-13(17)19)28-9(8)7-27-33(23,24)31-34(25,26)30-32(20,21)22/h3,5,8-9,11H,1-2,4,6-7,14H2,(H,23,24)(H,25,26)(H2,15,16,19)(H2,20,21,22)/t8-,9+,11+/m0/s1. The summed E-state index contributed by atoms with van der Waals surface area (Å²) in [4.78, 5) is 63.6. The largest absolute Gasteiger partial charge is 0.490 e. The van der Waals surface area contributed by atoms with E-state index in [0.717, 1.165) is 4.57 Å². The van der Waals surface area contributed by atoms with E-state index in [2.05, 4.69) is 18.1 Å². The van der Waals surface area contributed by atoms with Gasteiger partial charge < -0.3 is 40.5 Å². The third-order valence-corrected chi connectivity index (χ3v) is 7.83. The van der Waals surface area contributed by atoms with Gasteiger partial charge in [0.1, 0.15) is 24.3 Å². The van der Waals surface area contributed by atoms with E-state index in [1.807, 2.05) is 0 Å². The molecule has 0 radical (unpaired) electrons. The lowest BCUT2D eigenvalue weighted by molar-refractivity contribution is -0.153. The topological polar surface area (TPSA) is 282 Å². The van der Waals surface area contributed by atoms with Gasteiger partial charge in [0.05, 0.1) is 6.61 Å². The zero-order valence-electron chi connectivity index (χ0n) is 17.2. The molecule has 194 valence electrons. The van der Waals surface area contributed by atoms with Crippen LogP contribution in [-0.4, -0.2) is 60.5 Å². The number of esters is 1. The van der Waals surface area contributed by atoms with Crippen molar-refractivity contribution in [1.82, 2.24) is 9.55 Å². The Hall–Kier alpha value is -1.52. The third-order valence-electron chi connectivity index (χ3n) is 4.03. The quantitative estimate of drug-likeness (QED) is 0.135. The number of aromatic nitrogens is 2. The van der Waals surface area contributed by atoms with Gasteiger partial charge in [0.2, 0.25) is 0 Å². The number of nitrogens with zero attached hydrogens (tertiary/aromatic N) is 2. The van der Waals surface area contributed by atoms with Crippen LogP contribution in [0.1, 0.15) is 25.5 Å². The second-order valence-corrected chi connectivity index (χ2v) is 11.1. The number of hydrogen-bond donors (Lipinski definition) is 6. The van der Waals surface area contributed by atoms with Gasteiger partial charge in [-0.15, -0.1) is 0 Å². The van der Waals surface area contributed by atoms with Gasteiger partial charge in [0, 0.05) is 19.0 Å². The monoisotopic (exact) mass is 552 g/mol. The van der Waals surface area contributed by atoms with Gasteiger partial charge in [-0.1, -0.05) is 0 Å². The van der Waals surface area contributed by atoms with Gasteiger partial charge in [0.25, 0.3) is 0 Å². The molecule has 0 bridgehead atoms. The van der Waals surface area contributed by atoms with Crippen LogP contribution in [0.2, 0.25) is 0 Å². The lowest BCUT2D eigenvalue weighted by Crippen LogP contribution is -2.31. The SMILES string of the molecule is NCCCC(=O)O[C@H]1C[C@H](n2ccc(N)nc2=O)O[C@@H]1COP(=O)(O)OP(=O)(O)OP(=O)(O)O. The average molecular weight is 552 g/mol. The van der Waals surface area contributed by atoms with Crippen LogP contribution in [0.5, 0.6) is 0 Å². The molecule has 0 spiro atoms. The van der Waals surface area contributed by atoms with Crippen molar-refractivity contribution in [3.8, 4) is 0 Å². The molecule has 1 saturated heterocycles. The highest BCUT2D eigenvalue weighted by atomic mass is 31.3. The average Bonchev–Trinajstić information content (AvgIpc) is 3.04. The van der Waals surface area contributed by atoms with E-state index in [4.69, 9.17) is 30.7 Å². The summed E-state index contributed by atoms with van der Waals surface area (Å²) in [6.07, 6.45) is -2.08. The van der Waals surface area contributed by atoms with Crippen LogP contribution in [-0.2, 0) is 41.1 Å². The number of nitrogen functional groups attached to an aromatic ring is 1. The van der Waals surface area contributed by atoms with E-state index in [1.165, 1.54) is 12.3 Å². The Morgan fingerprint density at radius 3 is 2.47 bits per heavy atom. The number of ether oxygens (including phenoxy) is 2. The Morgan fingerprint density at radius 2 is 1.88 bits per heavy atom. The van der Waals surface area contributed by atoms with E-state index in [1.54, 1.807) is 0 Å². The second-order valence-electron chi connectivity index (χ2n) is 6.71. The molecule has 1 aromatic heterocycles. The van der Waals surface area contributed by atoms with Crippen LogP contribution in [0.3, 0.4) is 0 Å². The molecule has 2 heterocycles. The van der Waals surface area contributed by atoms with Crippen molar-refractivity contribution < 1.29 is 60.7 Å². The summed E-state index contributed by atoms with van der Waals surface area (Å²) in [5.41, 5.74) is 9.98. The summed E-state index contributed by atoms with van der Waals surface area (Å²) in [6, 6.07) is 1.30. The Kier molecular flexibility index (Phi) is 9.69. The van der Waals surface area contributed by atoms with Crippen LogP contribution >= 0.6 is 23.5 Å². The van der Waals surface area contributed by atoms with Crippen molar-refractivity contribution in [1.29, 1.82) is 0 Å². The molecule has 1 aromatic rings. The highest BCUT2D eigenvalue weighted by Crippen LogP contribution is 2.66. The minimum atomic E-state index is -5.72. The zero-order chi connectivity index (χ0) is 25.7. The minimum absolute atomic E-state index is 0.0520. The van der Waals surface area contributed by atoms with E-state index in [0.29, 0.717) is 6.42 Å². The third kappa shape index (κ3) is 9.26. The normalized spacial score (nSPS) is 24.3. The number of rotatable bonds is 12. The lowest BCUT2D eigenvalue weighted by atomic mass is 10.2. The van der Waals surface area contributed by atoms with Crippen molar-refractivity contribution in [3.05, 3.63) is 22.7 Å². The predicted molar refractivity (Wildman–Crippen MR) is 109 cm³/mol. The number of phosphoric acid groups is 3. The molecule has 34 heavy (non-hydrogen) atoms. The fourth-order valence-electron chi connectivity index (χ4n) is 2.74. The first kappa shape index (κ1) is 28.7.